The van der Waals surface area contributed by atoms with E-state index in [0.29, 0.717) is 5.69 Å². The molecule has 1 aromatic carbocycles. The quantitative estimate of drug-likeness (QED) is 0.783. The number of hydrogen-bond donors (Lipinski definition) is 2. The van der Waals surface area contributed by atoms with Crippen molar-refractivity contribution in [3.63, 3.8) is 0 Å². The fourth-order valence-electron chi connectivity index (χ4n) is 2.48. The summed E-state index contributed by atoms with van der Waals surface area (Å²) < 4.78 is 29.6. The van der Waals surface area contributed by atoms with Gasteiger partial charge in [0.15, 0.2) is 0 Å². The van der Waals surface area contributed by atoms with E-state index in [1.165, 1.54) is 5.57 Å². The molecule has 5 nitrogen and oxygen atoms in total. The first-order valence-electron chi connectivity index (χ1n) is 7.90. The molecule has 1 aliphatic rings. The standard InChI is InChI=1S/C17H23F2N3O2/c1-12(13-7-9-22(2)10-8-13)20-17(23)21-14-5-3-4-6-15(14)24-11-16(18)19/h3-7,12,16H,8-11H2,1-2H3,(H2,20,21,23)/t12-/m1/s1. The van der Waals surface area contributed by atoms with E-state index in [0.717, 1.165) is 19.5 Å². The third-order valence-electron chi connectivity index (χ3n) is 3.85. The highest BCUT2D eigenvalue weighted by molar-refractivity contribution is 5.91. The van der Waals surface area contributed by atoms with Gasteiger partial charge in [-0.2, -0.15) is 0 Å². The maximum atomic E-state index is 12.3. The molecule has 7 heteroatoms. The van der Waals surface area contributed by atoms with Gasteiger partial charge in [0.1, 0.15) is 12.4 Å². The lowest BCUT2D eigenvalue weighted by Gasteiger charge is -2.26. The third kappa shape index (κ3) is 5.49. The van der Waals surface area contributed by atoms with Gasteiger partial charge in [-0.1, -0.05) is 18.2 Å². The van der Waals surface area contributed by atoms with E-state index in [-0.39, 0.29) is 11.8 Å². The van der Waals surface area contributed by atoms with Gasteiger partial charge in [0.25, 0.3) is 6.43 Å². The minimum Gasteiger partial charge on any atom is -0.485 e. The molecule has 1 atom stereocenters. The number of amides is 2. The molecular formula is C17H23F2N3O2. The maximum absolute atomic E-state index is 12.3. The van der Waals surface area contributed by atoms with Gasteiger partial charge >= 0.3 is 6.03 Å². The number of carbonyl (C=O) groups is 1. The highest BCUT2D eigenvalue weighted by atomic mass is 19.3. The summed E-state index contributed by atoms with van der Waals surface area (Å²) in [5, 5.41) is 5.52. The molecule has 2 rings (SSSR count). The average Bonchev–Trinajstić information content (AvgIpc) is 2.54. The Morgan fingerprint density at radius 1 is 1.38 bits per heavy atom. The maximum Gasteiger partial charge on any atom is 0.319 e. The van der Waals surface area contributed by atoms with Gasteiger partial charge in [0.05, 0.1) is 5.69 Å². The van der Waals surface area contributed by atoms with Crippen LogP contribution in [0.5, 0.6) is 5.75 Å². The SMILES string of the molecule is C[C@@H](NC(=O)Nc1ccccc1OCC(F)F)C1=CCN(C)CC1. The van der Waals surface area contributed by atoms with Gasteiger partial charge in [-0.25, -0.2) is 13.6 Å². The Kier molecular flexibility index (Phi) is 6.54. The molecule has 0 aliphatic carbocycles. The summed E-state index contributed by atoms with van der Waals surface area (Å²) >= 11 is 0. The number of nitrogens with zero attached hydrogens (tertiary/aromatic N) is 1. The van der Waals surface area contributed by atoms with E-state index in [9.17, 15) is 13.6 Å². The molecule has 0 bridgehead atoms. The van der Waals surface area contributed by atoms with Crippen LogP contribution in [0.2, 0.25) is 0 Å². The number of benzene rings is 1. The van der Waals surface area contributed by atoms with E-state index >= 15 is 0 Å². The number of para-hydroxylation sites is 2. The number of alkyl halides is 2. The first-order valence-corrected chi connectivity index (χ1v) is 7.90. The number of hydrogen-bond acceptors (Lipinski definition) is 3. The number of anilines is 1. The summed E-state index contributed by atoms with van der Waals surface area (Å²) in [5.41, 5.74) is 1.55. The van der Waals surface area contributed by atoms with Gasteiger partial charge in [-0.15, -0.1) is 0 Å². The smallest absolute Gasteiger partial charge is 0.319 e. The molecule has 0 spiro atoms. The van der Waals surface area contributed by atoms with Crippen LogP contribution in [0.25, 0.3) is 0 Å². The van der Waals surface area contributed by atoms with Crippen molar-refractivity contribution in [2.75, 3.05) is 32.1 Å². The lowest BCUT2D eigenvalue weighted by Crippen LogP contribution is -2.39. The molecule has 0 radical (unpaired) electrons. The zero-order valence-corrected chi connectivity index (χ0v) is 13.9. The van der Waals surface area contributed by atoms with Gasteiger partial charge in [0, 0.05) is 19.1 Å². The van der Waals surface area contributed by atoms with Crippen LogP contribution in [0, 0.1) is 0 Å². The Hall–Kier alpha value is -2.15. The van der Waals surface area contributed by atoms with Crippen molar-refractivity contribution in [1.29, 1.82) is 0 Å². The molecule has 0 aromatic heterocycles. The second-order valence-electron chi connectivity index (χ2n) is 5.81. The van der Waals surface area contributed by atoms with Gasteiger partial charge in [-0.05, 0) is 38.1 Å². The van der Waals surface area contributed by atoms with Crippen molar-refractivity contribution in [2.24, 2.45) is 0 Å². The number of carbonyl (C=O) groups excluding carboxylic acids is 1. The van der Waals surface area contributed by atoms with E-state index in [1.54, 1.807) is 24.3 Å². The van der Waals surface area contributed by atoms with Crippen LogP contribution in [-0.2, 0) is 0 Å². The number of ether oxygens (including phenoxy) is 1. The lowest BCUT2D eigenvalue weighted by molar-refractivity contribution is 0.0823. The molecule has 1 heterocycles. The highest BCUT2D eigenvalue weighted by Gasteiger charge is 2.17. The Labute approximate surface area is 140 Å². The van der Waals surface area contributed by atoms with E-state index in [2.05, 4.69) is 28.7 Å². The molecule has 2 N–H and O–H groups in total. The molecular weight excluding hydrogens is 316 g/mol. The number of rotatable bonds is 6. The van der Waals surface area contributed by atoms with E-state index in [4.69, 9.17) is 4.74 Å². The minimum atomic E-state index is -2.57. The fraction of sp³-hybridized carbons (Fsp3) is 0.471. The molecule has 0 saturated heterocycles. The van der Waals surface area contributed by atoms with Crippen LogP contribution in [0.15, 0.2) is 35.9 Å². The summed E-state index contributed by atoms with van der Waals surface area (Å²) in [6, 6.07) is 6.04. The molecule has 0 fully saturated rings. The topological polar surface area (TPSA) is 53.6 Å². The highest BCUT2D eigenvalue weighted by Crippen LogP contribution is 2.24. The van der Waals surface area contributed by atoms with Crippen LogP contribution in [0.1, 0.15) is 13.3 Å². The van der Waals surface area contributed by atoms with Gasteiger partial charge in [0.2, 0.25) is 0 Å². The second-order valence-corrected chi connectivity index (χ2v) is 5.81. The minimum absolute atomic E-state index is 0.0900. The number of likely N-dealkylation sites (N-methyl/N-ethyl adjacent to an activating group) is 1. The third-order valence-corrected chi connectivity index (χ3v) is 3.85. The van der Waals surface area contributed by atoms with E-state index in [1.807, 2.05) is 6.92 Å². The first-order chi connectivity index (χ1) is 11.5. The monoisotopic (exact) mass is 339 g/mol. The van der Waals surface area contributed by atoms with Gasteiger partial charge in [-0.3, -0.25) is 0 Å². The molecule has 24 heavy (non-hydrogen) atoms. The molecule has 0 saturated carbocycles. The molecule has 132 valence electrons. The summed E-state index contributed by atoms with van der Waals surface area (Å²) in [7, 11) is 2.05. The normalized spacial score (nSPS) is 16.5. The Morgan fingerprint density at radius 2 is 2.12 bits per heavy atom. The average molecular weight is 339 g/mol. The largest absolute Gasteiger partial charge is 0.485 e. The van der Waals surface area contributed by atoms with Crippen molar-refractivity contribution in [1.82, 2.24) is 10.2 Å². The first kappa shape index (κ1) is 18.2. The molecule has 2 amide bonds. The van der Waals surface area contributed by atoms with Crippen molar-refractivity contribution >= 4 is 11.7 Å². The van der Waals surface area contributed by atoms with Crippen LogP contribution < -0.4 is 15.4 Å². The number of urea groups is 1. The fourth-order valence-corrected chi connectivity index (χ4v) is 2.48. The summed E-state index contributed by atoms with van der Waals surface area (Å²) in [5.74, 6) is 0.221. The lowest BCUT2D eigenvalue weighted by atomic mass is 10.0. The number of nitrogens with one attached hydrogen (secondary N) is 2. The summed E-state index contributed by atoms with van der Waals surface area (Å²) in [6.07, 6.45) is 0.462. The van der Waals surface area contributed by atoms with Crippen LogP contribution in [0.4, 0.5) is 19.3 Å². The van der Waals surface area contributed by atoms with Crippen LogP contribution in [0.3, 0.4) is 0 Å². The predicted molar refractivity (Wildman–Crippen MR) is 89.8 cm³/mol. The van der Waals surface area contributed by atoms with E-state index < -0.39 is 19.1 Å². The Bertz CT molecular complexity index is 593. The van der Waals surface area contributed by atoms with Crippen molar-refractivity contribution in [2.45, 2.75) is 25.8 Å². The second kappa shape index (κ2) is 8.63. The molecule has 0 unspecified atom stereocenters. The molecule has 1 aliphatic heterocycles. The van der Waals surface area contributed by atoms with Gasteiger partial charge < -0.3 is 20.3 Å². The summed E-state index contributed by atoms with van der Waals surface area (Å²) in [6.45, 7) is 3.05. The van der Waals surface area contributed by atoms with Crippen molar-refractivity contribution < 1.29 is 18.3 Å². The molecule has 1 aromatic rings. The van der Waals surface area contributed by atoms with Crippen molar-refractivity contribution in [3.05, 3.63) is 35.9 Å². The zero-order chi connectivity index (χ0) is 17.5. The Morgan fingerprint density at radius 3 is 2.79 bits per heavy atom. The number of halogens is 2. The van der Waals surface area contributed by atoms with Crippen molar-refractivity contribution in [3.8, 4) is 5.75 Å². The Balaban J connectivity index is 1.92. The summed E-state index contributed by atoms with van der Waals surface area (Å²) in [4.78, 5) is 14.4. The van der Waals surface area contributed by atoms with Crippen LogP contribution >= 0.6 is 0 Å². The predicted octanol–water partition coefficient (Wildman–Crippen LogP) is 3.10. The van der Waals surface area contributed by atoms with Crippen LogP contribution in [-0.4, -0.2) is 50.1 Å². The zero-order valence-electron chi connectivity index (χ0n) is 13.9.